The minimum atomic E-state index is -0.0254. The molecule has 4 rings (SSSR count). The van der Waals surface area contributed by atoms with Crippen LogP contribution in [0.4, 0.5) is 0 Å². The first-order valence-corrected chi connectivity index (χ1v) is 10.9. The van der Waals surface area contributed by atoms with E-state index >= 15 is 0 Å². The lowest BCUT2D eigenvalue weighted by atomic mass is 9.81. The van der Waals surface area contributed by atoms with Gasteiger partial charge < -0.3 is 14.5 Å². The fourth-order valence-corrected chi connectivity index (χ4v) is 4.58. The molecule has 1 aromatic carbocycles. The standard InChI is InChI=1S/C25H29N3O3/c1-31-22-6-4-5-19(17-22)18-28-14-3-2-7-23(25(28)30)20-10-15-27(16-11-20)24(29)21-8-12-26-13-9-21/h2-6,8-9,12-13,17,20,23H,7,10-11,14-16,18H2,1H3/t23-/m0/s1. The highest BCUT2D eigenvalue weighted by atomic mass is 16.5. The van der Waals surface area contributed by atoms with E-state index in [0.29, 0.717) is 37.7 Å². The summed E-state index contributed by atoms with van der Waals surface area (Å²) in [6, 6.07) is 11.4. The van der Waals surface area contributed by atoms with Crippen LogP contribution in [-0.4, -0.2) is 53.3 Å². The number of aromatic nitrogens is 1. The van der Waals surface area contributed by atoms with Gasteiger partial charge in [0.05, 0.1) is 7.11 Å². The molecule has 1 saturated heterocycles. The monoisotopic (exact) mass is 419 g/mol. The molecule has 31 heavy (non-hydrogen) atoms. The molecule has 1 atom stereocenters. The van der Waals surface area contributed by atoms with E-state index in [4.69, 9.17) is 4.74 Å². The molecule has 2 aromatic rings. The van der Waals surface area contributed by atoms with Crippen LogP contribution in [0.2, 0.25) is 0 Å². The normalized spacial score (nSPS) is 19.9. The number of methoxy groups -OCH3 is 1. The second-order valence-corrected chi connectivity index (χ2v) is 8.25. The summed E-state index contributed by atoms with van der Waals surface area (Å²) >= 11 is 0. The predicted molar refractivity (Wildman–Crippen MR) is 119 cm³/mol. The number of rotatable bonds is 5. The van der Waals surface area contributed by atoms with E-state index in [2.05, 4.69) is 17.1 Å². The maximum Gasteiger partial charge on any atom is 0.253 e. The quantitative estimate of drug-likeness (QED) is 0.696. The Morgan fingerprint density at radius 3 is 2.65 bits per heavy atom. The maximum absolute atomic E-state index is 13.4. The number of benzene rings is 1. The van der Waals surface area contributed by atoms with Crippen LogP contribution < -0.4 is 4.74 Å². The Balaban J connectivity index is 1.39. The van der Waals surface area contributed by atoms with E-state index in [0.717, 1.165) is 30.6 Å². The predicted octanol–water partition coefficient (Wildman–Crippen LogP) is 3.55. The average Bonchev–Trinajstić information content (AvgIpc) is 3.01. The summed E-state index contributed by atoms with van der Waals surface area (Å²) < 4.78 is 5.32. The number of hydrogen-bond donors (Lipinski definition) is 0. The van der Waals surface area contributed by atoms with Gasteiger partial charge in [-0.2, -0.15) is 0 Å². The highest BCUT2D eigenvalue weighted by Gasteiger charge is 2.35. The summed E-state index contributed by atoms with van der Waals surface area (Å²) in [6.07, 6.45) is 10.0. The number of amides is 2. The summed E-state index contributed by atoms with van der Waals surface area (Å²) in [5.74, 6) is 1.34. The van der Waals surface area contributed by atoms with E-state index < -0.39 is 0 Å². The smallest absolute Gasteiger partial charge is 0.253 e. The number of carbonyl (C=O) groups is 2. The van der Waals surface area contributed by atoms with E-state index in [9.17, 15) is 9.59 Å². The molecule has 162 valence electrons. The zero-order valence-corrected chi connectivity index (χ0v) is 17.9. The van der Waals surface area contributed by atoms with Gasteiger partial charge in [-0.25, -0.2) is 0 Å². The third-order valence-corrected chi connectivity index (χ3v) is 6.34. The van der Waals surface area contributed by atoms with E-state index in [-0.39, 0.29) is 17.7 Å². The molecule has 2 aliphatic heterocycles. The Labute approximate surface area is 183 Å². The van der Waals surface area contributed by atoms with Gasteiger partial charge in [-0.1, -0.05) is 24.3 Å². The first-order chi connectivity index (χ1) is 15.2. The van der Waals surface area contributed by atoms with Crippen molar-refractivity contribution in [3.05, 3.63) is 72.1 Å². The molecule has 3 heterocycles. The number of allylic oxidation sites excluding steroid dienone is 1. The first-order valence-electron chi connectivity index (χ1n) is 10.9. The third kappa shape index (κ3) is 4.95. The lowest BCUT2D eigenvalue weighted by Crippen LogP contribution is -2.44. The summed E-state index contributed by atoms with van der Waals surface area (Å²) in [4.78, 5) is 33.9. The Bertz CT molecular complexity index is 936. The third-order valence-electron chi connectivity index (χ3n) is 6.34. The molecule has 1 aromatic heterocycles. The van der Waals surface area contributed by atoms with Crippen LogP contribution in [0, 0.1) is 11.8 Å². The van der Waals surface area contributed by atoms with E-state index in [1.165, 1.54) is 0 Å². The molecule has 6 nitrogen and oxygen atoms in total. The molecule has 2 aliphatic rings. The van der Waals surface area contributed by atoms with Crippen LogP contribution in [0.5, 0.6) is 5.75 Å². The fraction of sp³-hybridized carbons (Fsp3) is 0.400. The van der Waals surface area contributed by atoms with Gasteiger partial charge >= 0.3 is 0 Å². The largest absolute Gasteiger partial charge is 0.497 e. The van der Waals surface area contributed by atoms with Crippen LogP contribution >= 0.6 is 0 Å². The van der Waals surface area contributed by atoms with Crippen molar-refractivity contribution in [2.45, 2.75) is 25.8 Å². The number of hydrogen-bond acceptors (Lipinski definition) is 4. The van der Waals surface area contributed by atoms with Gasteiger partial charge in [-0.05, 0) is 55.0 Å². The molecule has 2 amide bonds. The molecule has 0 unspecified atom stereocenters. The zero-order chi connectivity index (χ0) is 21.6. The second kappa shape index (κ2) is 9.77. The molecule has 1 fully saturated rings. The zero-order valence-electron chi connectivity index (χ0n) is 17.9. The van der Waals surface area contributed by atoms with Crippen molar-refractivity contribution in [2.24, 2.45) is 11.8 Å². The van der Waals surface area contributed by atoms with Crippen molar-refractivity contribution in [3.63, 3.8) is 0 Å². The van der Waals surface area contributed by atoms with Gasteiger partial charge in [0.25, 0.3) is 5.91 Å². The average molecular weight is 420 g/mol. The topological polar surface area (TPSA) is 62.7 Å². The van der Waals surface area contributed by atoms with Crippen LogP contribution in [0.3, 0.4) is 0 Å². The number of ether oxygens (including phenoxy) is 1. The van der Waals surface area contributed by atoms with Gasteiger partial charge in [-0.15, -0.1) is 0 Å². The first kappa shape index (κ1) is 21.1. The SMILES string of the molecule is COc1cccc(CN2CC=CC[C@@H](C3CCN(C(=O)c4ccncc4)CC3)C2=O)c1. The van der Waals surface area contributed by atoms with E-state index in [1.54, 1.807) is 31.6 Å². The van der Waals surface area contributed by atoms with Gasteiger partial charge in [0.15, 0.2) is 0 Å². The molecule has 0 spiro atoms. The Kier molecular flexibility index (Phi) is 6.65. The van der Waals surface area contributed by atoms with Crippen molar-refractivity contribution in [3.8, 4) is 5.75 Å². The molecular weight excluding hydrogens is 390 g/mol. The van der Waals surface area contributed by atoms with Crippen LogP contribution in [0.1, 0.15) is 35.2 Å². The lowest BCUT2D eigenvalue weighted by Gasteiger charge is -2.36. The lowest BCUT2D eigenvalue weighted by molar-refractivity contribution is -0.137. The van der Waals surface area contributed by atoms with Crippen molar-refractivity contribution in [2.75, 3.05) is 26.7 Å². The van der Waals surface area contributed by atoms with Crippen molar-refractivity contribution < 1.29 is 14.3 Å². The minimum absolute atomic E-state index is 0.0254. The number of pyridine rings is 1. The van der Waals surface area contributed by atoms with Crippen LogP contribution in [0.15, 0.2) is 60.9 Å². The van der Waals surface area contributed by atoms with Crippen LogP contribution in [0.25, 0.3) is 0 Å². The maximum atomic E-state index is 13.4. The highest BCUT2D eigenvalue weighted by Crippen LogP contribution is 2.31. The van der Waals surface area contributed by atoms with Crippen LogP contribution in [-0.2, 0) is 11.3 Å². The Morgan fingerprint density at radius 2 is 1.90 bits per heavy atom. The molecule has 0 aliphatic carbocycles. The highest BCUT2D eigenvalue weighted by molar-refractivity contribution is 5.94. The van der Waals surface area contributed by atoms with Crippen molar-refractivity contribution in [1.82, 2.24) is 14.8 Å². The number of carbonyl (C=O) groups excluding carboxylic acids is 2. The fourth-order valence-electron chi connectivity index (χ4n) is 4.58. The second-order valence-electron chi connectivity index (χ2n) is 8.25. The van der Waals surface area contributed by atoms with E-state index in [1.807, 2.05) is 34.1 Å². The van der Waals surface area contributed by atoms with Gasteiger partial charge in [0.2, 0.25) is 5.91 Å². The number of nitrogens with zero attached hydrogens (tertiary/aromatic N) is 3. The van der Waals surface area contributed by atoms with Gasteiger partial charge in [0.1, 0.15) is 5.75 Å². The van der Waals surface area contributed by atoms with Crippen molar-refractivity contribution >= 4 is 11.8 Å². The Hall–Kier alpha value is -3.15. The molecule has 6 heteroatoms. The summed E-state index contributed by atoms with van der Waals surface area (Å²) in [6.45, 7) is 2.59. The number of likely N-dealkylation sites (tertiary alicyclic amines) is 1. The van der Waals surface area contributed by atoms with Gasteiger partial charge in [-0.3, -0.25) is 14.6 Å². The number of piperidine rings is 1. The minimum Gasteiger partial charge on any atom is -0.497 e. The molecule has 0 N–H and O–H groups in total. The summed E-state index contributed by atoms with van der Waals surface area (Å²) in [7, 11) is 1.65. The van der Waals surface area contributed by atoms with Gasteiger partial charge in [0, 0.05) is 50.1 Å². The molecular formula is C25H29N3O3. The summed E-state index contributed by atoms with van der Waals surface area (Å²) in [5.41, 5.74) is 1.74. The molecule has 0 saturated carbocycles. The summed E-state index contributed by atoms with van der Waals surface area (Å²) in [5, 5.41) is 0. The molecule has 0 radical (unpaired) electrons. The van der Waals surface area contributed by atoms with Crippen molar-refractivity contribution in [1.29, 1.82) is 0 Å². The Morgan fingerprint density at radius 1 is 1.13 bits per heavy atom. The molecule has 0 bridgehead atoms.